The monoisotopic (exact) mass is 389 g/mol. The Kier molecular flexibility index (Phi) is 5.49. The Bertz CT molecular complexity index is 970. The number of nitrogens with one attached hydrogen (secondary N) is 2. The van der Waals surface area contributed by atoms with Crippen molar-refractivity contribution in [3.63, 3.8) is 0 Å². The molecule has 0 atom stereocenters. The van der Waals surface area contributed by atoms with Crippen LogP contribution in [-0.4, -0.2) is 32.7 Å². The summed E-state index contributed by atoms with van der Waals surface area (Å²) in [4.78, 5) is 29.1. The molecule has 26 heavy (non-hydrogen) atoms. The number of rotatable bonds is 6. The lowest BCUT2D eigenvalue weighted by Crippen LogP contribution is -2.18. The lowest BCUT2D eigenvalue weighted by atomic mass is 10.0. The van der Waals surface area contributed by atoms with Crippen LogP contribution in [0.2, 0.25) is 5.02 Å². The highest BCUT2D eigenvalue weighted by atomic mass is 35.5. The third-order valence-electron chi connectivity index (χ3n) is 3.69. The standard InChI is InChI=1S/C18H16ClN3O3S/c1-10(23)20-8-11-2-4-12(5-3-11)13-6-15-16(7-14(13)19)22-18(21-15)26-9-17(24)25/h2-7H,8-9H2,1H3,(H,20,23)(H,21,22)(H,24,25). The Labute approximate surface area is 159 Å². The van der Waals surface area contributed by atoms with Gasteiger partial charge in [0.05, 0.1) is 21.8 Å². The number of aromatic nitrogens is 2. The number of carbonyl (C=O) groups is 2. The minimum absolute atomic E-state index is 0.0594. The molecule has 3 N–H and O–H groups in total. The molecule has 0 aliphatic carbocycles. The van der Waals surface area contributed by atoms with Gasteiger partial charge in [0.1, 0.15) is 0 Å². The average molecular weight is 390 g/mol. The molecule has 0 saturated carbocycles. The first-order valence-corrected chi connectivity index (χ1v) is 9.16. The average Bonchev–Trinajstić information content (AvgIpc) is 2.99. The lowest BCUT2D eigenvalue weighted by Gasteiger charge is -2.07. The molecule has 0 aliphatic rings. The minimum atomic E-state index is -0.895. The number of thioether (sulfide) groups is 1. The molecule has 1 aromatic heterocycles. The van der Waals surface area contributed by atoms with Crippen LogP contribution >= 0.6 is 23.4 Å². The van der Waals surface area contributed by atoms with Gasteiger partial charge in [0.2, 0.25) is 5.91 Å². The number of fused-ring (bicyclic) bond motifs is 1. The van der Waals surface area contributed by atoms with Crippen molar-refractivity contribution in [2.75, 3.05) is 5.75 Å². The van der Waals surface area contributed by atoms with Gasteiger partial charge in [-0.1, -0.05) is 47.6 Å². The molecule has 3 aromatic rings. The Morgan fingerprint density at radius 1 is 1.27 bits per heavy atom. The summed E-state index contributed by atoms with van der Waals surface area (Å²) in [5.74, 6) is -1.03. The molecular formula is C18H16ClN3O3S. The molecule has 6 nitrogen and oxygen atoms in total. The number of carbonyl (C=O) groups excluding carboxylic acids is 1. The molecule has 0 aliphatic heterocycles. The van der Waals surface area contributed by atoms with E-state index in [2.05, 4.69) is 15.3 Å². The van der Waals surface area contributed by atoms with Crippen LogP contribution in [0.15, 0.2) is 41.6 Å². The zero-order chi connectivity index (χ0) is 18.7. The largest absolute Gasteiger partial charge is 0.481 e. The summed E-state index contributed by atoms with van der Waals surface area (Å²) in [5, 5.41) is 12.6. The highest BCUT2D eigenvalue weighted by Crippen LogP contribution is 2.32. The van der Waals surface area contributed by atoms with Crippen molar-refractivity contribution >= 4 is 46.3 Å². The number of carboxylic acid groups (broad SMARTS) is 1. The first-order valence-electron chi connectivity index (χ1n) is 7.80. The van der Waals surface area contributed by atoms with E-state index < -0.39 is 5.97 Å². The number of halogens is 1. The number of aromatic amines is 1. The van der Waals surface area contributed by atoms with E-state index in [4.69, 9.17) is 16.7 Å². The van der Waals surface area contributed by atoms with E-state index in [-0.39, 0.29) is 11.7 Å². The van der Waals surface area contributed by atoms with Gasteiger partial charge in [0.15, 0.2) is 5.16 Å². The fraction of sp³-hybridized carbons (Fsp3) is 0.167. The molecule has 0 fully saturated rings. The van der Waals surface area contributed by atoms with Gasteiger partial charge >= 0.3 is 5.97 Å². The Hall–Kier alpha value is -2.51. The summed E-state index contributed by atoms with van der Waals surface area (Å²) < 4.78 is 0. The second-order valence-electron chi connectivity index (χ2n) is 5.68. The number of carboxylic acids is 1. The maximum Gasteiger partial charge on any atom is 0.313 e. The molecule has 0 radical (unpaired) electrons. The predicted molar refractivity (Wildman–Crippen MR) is 102 cm³/mol. The van der Waals surface area contributed by atoms with Gasteiger partial charge in [-0.25, -0.2) is 4.98 Å². The molecule has 1 heterocycles. The number of H-pyrrole nitrogens is 1. The van der Waals surface area contributed by atoms with E-state index in [9.17, 15) is 9.59 Å². The Morgan fingerprint density at radius 3 is 2.65 bits per heavy atom. The van der Waals surface area contributed by atoms with Crippen molar-refractivity contribution in [1.82, 2.24) is 15.3 Å². The van der Waals surface area contributed by atoms with Crippen molar-refractivity contribution in [2.24, 2.45) is 0 Å². The van der Waals surface area contributed by atoms with Crippen molar-refractivity contribution in [3.8, 4) is 11.1 Å². The van der Waals surface area contributed by atoms with E-state index in [1.807, 2.05) is 30.3 Å². The molecule has 0 bridgehead atoms. The quantitative estimate of drug-likeness (QED) is 0.559. The second-order valence-corrected chi connectivity index (χ2v) is 7.05. The zero-order valence-electron chi connectivity index (χ0n) is 13.9. The number of aliphatic carboxylic acids is 1. The van der Waals surface area contributed by atoms with E-state index in [1.54, 1.807) is 6.07 Å². The Morgan fingerprint density at radius 2 is 2.00 bits per heavy atom. The number of hydrogen-bond acceptors (Lipinski definition) is 4. The van der Waals surface area contributed by atoms with E-state index in [0.29, 0.717) is 22.2 Å². The minimum Gasteiger partial charge on any atom is -0.481 e. The van der Waals surface area contributed by atoms with Crippen LogP contribution in [0.5, 0.6) is 0 Å². The first-order chi connectivity index (χ1) is 12.4. The summed E-state index contributed by atoms with van der Waals surface area (Å²) in [6.07, 6.45) is 0. The summed E-state index contributed by atoms with van der Waals surface area (Å²) in [6, 6.07) is 11.4. The van der Waals surface area contributed by atoms with Crippen LogP contribution in [0, 0.1) is 0 Å². The van der Waals surface area contributed by atoms with Crippen LogP contribution in [0.1, 0.15) is 12.5 Å². The van der Waals surface area contributed by atoms with Gasteiger partial charge in [0.25, 0.3) is 0 Å². The van der Waals surface area contributed by atoms with Crippen LogP contribution in [0.4, 0.5) is 0 Å². The molecule has 0 spiro atoms. The van der Waals surface area contributed by atoms with E-state index in [0.717, 1.165) is 34.0 Å². The Balaban J connectivity index is 1.86. The molecule has 2 aromatic carbocycles. The maximum atomic E-state index is 11.0. The number of hydrogen-bond donors (Lipinski definition) is 3. The molecule has 134 valence electrons. The topological polar surface area (TPSA) is 95.1 Å². The SMILES string of the molecule is CC(=O)NCc1ccc(-c2cc3[nH]c(SCC(=O)O)nc3cc2Cl)cc1. The number of amides is 1. The number of imidazole rings is 1. The van der Waals surface area contributed by atoms with Crippen molar-refractivity contribution in [1.29, 1.82) is 0 Å². The van der Waals surface area contributed by atoms with E-state index >= 15 is 0 Å². The summed E-state index contributed by atoms with van der Waals surface area (Å²) in [7, 11) is 0. The number of nitrogens with zero attached hydrogens (tertiary/aromatic N) is 1. The van der Waals surface area contributed by atoms with Crippen molar-refractivity contribution < 1.29 is 14.7 Å². The van der Waals surface area contributed by atoms with Crippen molar-refractivity contribution in [3.05, 3.63) is 47.0 Å². The zero-order valence-corrected chi connectivity index (χ0v) is 15.4. The van der Waals surface area contributed by atoms with Gasteiger partial charge in [-0.3, -0.25) is 9.59 Å². The summed E-state index contributed by atoms with van der Waals surface area (Å²) in [5.41, 5.74) is 4.27. The normalized spacial score (nSPS) is 10.8. The molecule has 1 amide bonds. The lowest BCUT2D eigenvalue weighted by molar-refractivity contribution is -0.134. The van der Waals surface area contributed by atoms with Gasteiger partial charge in [0, 0.05) is 19.0 Å². The van der Waals surface area contributed by atoms with Gasteiger partial charge in [-0.05, 0) is 23.3 Å². The molecule has 3 rings (SSSR count). The van der Waals surface area contributed by atoms with Gasteiger partial charge in [-0.15, -0.1) is 0 Å². The van der Waals surface area contributed by atoms with Crippen LogP contribution < -0.4 is 5.32 Å². The third kappa shape index (κ3) is 4.36. The van der Waals surface area contributed by atoms with Gasteiger partial charge in [-0.2, -0.15) is 0 Å². The fourth-order valence-corrected chi connectivity index (χ4v) is 3.33. The molecule has 0 saturated heterocycles. The second kappa shape index (κ2) is 7.80. The van der Waals surface area contributed by atoms with Crippen LogP contribution in [0.25, 0.3) is 22.2 Å². The summed E-state index contributed by atoms with van der Waals surface area (Å²) >= 11 is 7.53. The van der Waals surface area contributed by atoms with Gasteiger partial charge < -0.3 is 15.4 Å². The molecule has 8 heteroatoms. The smallest absolute Gasteiger partial charge is 0.313 e. The maximum absolute atomic E-state index is 11.0. The molecule has 0 unspecified atom stereocenters. The summed E-state index contributed by atoms with van der Waals surface area (Å²) in [6.45, 7) is 1.96. The van der Waals surface area contributed by atoms with Crippen LogP contribution in [-0.2, 0) is 16.1 Å². The fourth-order valence-electron chi connectivity index (χ4n) is 2.46. The first kappa shape index (κ1) is 18.3. The highest BCUT2D eigenvalue weighted by Gasteiger charge is 2.11. The predicted octanol–water partition coefficient (Wildman–Crippen LogP) is 3.70. The third-order valence-corrected chi connectivity index (χ3v) is 4.86. The van der Waals surface area contributed by atoms with Crippen molar-refractivity contribution in [2.45, 2.75) is 18.6 Å². The van der Waals surface area contributed by atoms with E-state index in [1.165, 1.54) is 6.92 Å². The highest BCUT2D eigenvalue weighted by molar-refractivity contribution is 7.99. The van der Waals surface area contributed by atoms with Crippen LogP contribution in [0.3, 0.4) is 0 Å². The molecular weight excluding hydrogens is 374 g/mol. The number of benzene rings is 2.